The zero-order valence-electron chi connectivity index (χ0n) is 40.0. The number of aliphatic hydroxyl groups is 2. The van der Waals surface area contributed by atoms with E-state index in [1.165, 1.54) is 212 Å². The molecule has 0 fully saturated rings. The van der Waals surface area contributed by atoms with E-state index in [4.69, 9.17) is 4.74 Å². The second kappa shape index (κ2) is 49.5. The monoisotopic (exact) mass is 836 g/mol. The van der Waals surface area contributed by atoms with Gasteiger partial charge in [0.2, 0.25) is 5.91 Å². The summed E-state index contributed by atoms with van der Waals surface area (Å²) in [6, 6.07) is -0.557. The van der Waals surface area contributed by atoms with Gasteiger partial charge in [0, 0.05) is 12.8 Å². The van der Waals surface area contributed by atoms with Crippen LogP contribution in [0.2, 0.25) is 0 Å². The van der Waals surface area contributed by atoms with Crippen molar-refractivity contribution >= 4 is 11.9 Å². The zero-order valence-corrected chi connectivity index (χ0v) is 40.0. The van der Waals surface area contributed by atoms with Crippen LogP contribution < -0.4 is 5.32 Å². The maximum atomic E-state index is 12.5. The summed E-state index contributed by atoms with van der Waals surface area (Å²) >= 11 is 0. The van der Waals surface area contributed by atoms with Crippen LogP contribution in [0.1, 0.15) is 303 Å². The molecule has 0 saturated heterocycles. The molecule has 6 heteroatoms. The lowest BCUT2D eigenvalue weighted by atomic mass is 10.0. The van der Waals surface area contributed by atoms with Gasteiger partial charge < -0.3 is 20.3 Å². The number of hydrogen-bond donors (Lipinski definition) is 3. The Morgan fingerprint density at radius 1 is 0.407 bits per heavy atom. The van der Waals surface area contributed by atoms with Crippen LogP contribution in [-0.2, 0) is 14.3 Å². The topological polar surface area (TPSA) is 95.9 Å². The summed E-state index contributed by atoms with van der Waals surface area (Å²) in [5.41, 5.74) is 0. The third kappa shape index (κ3) is 46.2. The van der Waals surface area contributed by atoms with Gasteiger partial charge in [-0.15, -0.1) is 0 Å². The minimum absolute atomic E-state index is 0.0170. The number of rotatable bonds is 50. The summed E-state index contributed by atoms with van der Waals surface area (Å²) in [5, 5.41) is 23.3. The lowest BCUT2D eigenvalue weighted by Gasteiger charge is -2.22. The molecule has 0 aromatic carbocycles. The van der Waals surface area contributed by atoms with Gasteiger partial charge in [-0.05, 0) is 25.7 Å². The van der Waals surface area contributed by atoms with E-state index < -0.39 is 12.1 Å². The lowest BCUT2D eigenvalue weighted by molar-refractivity contribution is -0.143. The summed E-state index contributed by atoms with van der Waals surface area (Å²) in [4.78, 5) is 24.5. The van der Waals surface area contributed by atoms with E-state index in [1.807, 2.05) is 0 Å². The Hall–Kier alpha value is -1.14. The van der Waals surface area contributed by atoms with Gasteiger partial charge in [-0.25, -0.2) is 0 Å². The largest absolute Gasteiger partial charge is 0.466 e. The lowest BCUT2D eigenvalue weighted by Crippen LogP contribution is -2.45. The molecule has 2 unspecified atom stereocenters. The van der Waals surface area contributed by atoms with Crippen LogP contribution in [0.4, 0.5) is 0 Å². The van der Waals surface area contributed by atoms with Gasteiger partial charge in [-0.2, -0.15) is 0 Å². The van der Waals surface area contributed by atoms with Crippen LogP contribution >= 0.6 is 0 Å². The molecule has 0 aliphatic rings. The highest BCUT2D eigenvalue weighted by Crippen LogP contribution is 2.17. The number of ether oxygens (including phenoxy) is 1. The van der Waals surface area contributed by atoms with Gasteiger partial charge >= 0.3 is 5.97 Å². The van der Waals surface area contributed by atoms with Crippen LogP contribution in [0.25, 0.3) is 0 Å². The normalized spacial score (nSPS) is 12.5. The molecular formula is C53H105NO5. The fraction of sp³-hybridized carbons (Fsp3) is 0.962. The summed E-state index contributed by atoms with van der Waals surface area (Å²) in [7, 11) is 0. The Morgan fingerprint density at radius 3 is 1.03 bits per heavy atom. The van der Waals surface area contributed by atoms with Gasteiger partial charge in [0.05, 0.1) is 25.4 Å². The van der Waals surface area contributed by atoms with Crippen molar-refractivity contribution in [3.63, 3.8) is 0 Å². The average molecular weight is 836 g/mol. The number of unbranched alkanes of at least 4 members (excludes halogenated alkanes) is 39. The first kappa shape index (κ1) is 57.9. The number of aliphatic hydroxyl groups excluding tert-OH is 2. The molecule has 0 heterocycles. The van der Waals surface area contributed by atoms with Crippen LogP contribution in [0.5, 0.6) is 0 Å². The van der Waals surface area contributed by atoms with Gasteiger partial charge in [0.1, 0.15) is 0 Å². The van der Waals surface area contributed by atoms with Crippen molar-refractivity contribution in [3.8, 4) is 0 Å². The van der Waals surface area contributed by atoms with Crippen molar-refractivity contribution in [2.24, 2.45) is 0 Å². The molecule has 0 rings (SSSR count). The number of amides is 1. The molecule has 0 aliphatic heterocycles. The zero-order chi connectivity index (χ0) is 43.0. The average Bonchev–Trinajstić information content (AvgIpc) is 3.24. The molecule has 6 nitrogen and oxygen atoms in total. The molecule has 0 aromatic rings. The first-order valence-corrected chi connectivity index (χ1v) is 26.8. The van der Waals surface area contributed by atoms with Gasteiger partial charge in [-0.1, -0.05) is 264 Å². The van der Waals surface area contributed by atoms with Gasteiger partial charge in [-0.3, -0.25) is 9.59 Å². The highest BCUT2D eigenvalue weighted by atomic mass is 16.5. The maximum Gasteiger partial charge on any atom is 0.305 e. The summed E-state index contributed by atoms with van der Waals surface area (Å²) in [6.07, 6.45) is 55.0. The Labute approximate surface area is 368 Å². The second-order valence-corrected chi connectivity index (χ2v) is 18.6. The molecule has 0 bridgehead atoms. The molecule has 352 valence electrons. The van der Waals surface area contributed by atoms with Crippen molar-refractivity contribution in [1.29, 1.82) is 0 Å². The molecule has 2 atom stereocenters. The minimum atomic E-state index is -0.677. The maximum absolute atomic E-state index is 12.5. The highest BCUT2D eigenvalue weighted by molar-refractivity contribution is 5.76. The molecule has 0 aromatic heterocycles. The number of esters is 1. The van der Waals surface area contributed by atoms with E-state index in [0.29, 0.717) is 25.9 Å². The standard InChI is InChI=1S/C53H105NO5/c1-3-5-7-9-11-13-15-17-18-19-20-21-22-23-24-25-29-33-37-41-45-51(56)50(49-55)54-52(57)46-42-38-34-30-27-28-32-36-40-44-48-59-53(58)47-43-39-35-31-26-16-14-12-10-8-6-4-2/h50-51,55-56H,3-49H2,1-2H3,(H,54,57). The quantitative estimate of drug-likeness (QED) is 0.0419. The van der Waals surface area contributed by atoms with E-state index in [0.717, 1.165) is 57.8 Å². The number of hydrogen-bond acceptors (Lipinski definition) is 5. The number of carbonyl (C=O) groups is 2. The highest BCUT2D eigenvalue weighted by Gasteiger charge is 2.20. The first-order valence-electron chi connectivity index (χ1n) is 26.8. The van der Waals surface area contributed by atoms with E-state index >= 15 is 0 Å². The molecule has 0 aliphatic carbocycles. The van der Waals surface area contributed by atoms with Crippen LogP contribution in [0.15, 0.2) is 0 Å². The molecule has 1 amide bonds. The van der Waals surface area contributed by atoms with Crippen molar-refractivity contribution in [2.75, 3.05) is 13.2 Å². The third-order valence-electron chi connectivity index (χ3n) is 12.7. The fourth-order valence-corrected chi connectivity index (χ4v) is 8.52. The van der Waals surface area contributed by atoms with E-state index in [1.54, 1.807) is 0 Å². The first-order chi connectivity index (χ1) is 29.0. The van der Waals surface area contributed by atoms with Crippen LogP contribution in [0.3, 0.4) is 0 Å². The van der Waals surface area contributed by atoms with Crippen molar-refractivity contribution in [3.05, 3.63) is 0 Å². The van der Waals surface area contributed by atoms with Crippen LogP contribution in [-0.4, -0.2) is 47.4 Å². The predicted octanol–water partition coefficient (Wildman–Crippen LogP) is 16.0. The summed E-state index contributed by atoms with van der Waals surface area (Å²) < 4.78 is 5.45. The summed E-state index contributed by atoms with van der Waals surface area (Å²) in [5.74, 6) is -0.0710. The Kier molecular flexibility index (Phi) is 48.6. The van der Waals surface area contributed by atoms with E-state index in [9.17, 15) is 19.8 Å². The number of carbonyl (C=O) groups excluding carboxylic acids is 2. The molecule has 3 N–H and O–H groups in total. The molecule has 0 spiro atoms. The smallest absolute Gasteiger partial charge is 0.305 e. The SMILES string of the molecule is CCCCCCCCCCCCCCCCCCCCCCC(O)C(CO)NC(=O)CCCCCCCCCCCCOC(=O)CCCCCCCCCCCCCC. The third-order valence-corrected chi connectivity index (χ3v) is 12.7. The number of nitrogens with one attached hydrogen (secondary N) is 1. The molecule has 59 heavy (non-hydrogen) atoms. The van der Waals surface area contributed by atoms with Gasteiger partial charge in [0.25, 0.3) is 0 Å². The Bertz CT molecular complexity index is 837. The molecule has 0 radical (unpaired) electrons. The Balaban J connectivity index is 3.47. The van der Waals surface area contributed by atoms with Crippen molar-refractivity contribution < 1.29 is 24.5 Å². The minimum Gasteiger partial charge on any atom is -0.466 e. The Morgan fingerprint density at radius 2 is 0.695 bits per heavy atom. The molecular weight excluding hydrogens is 731 g/mol. The van der Waals surface area contributed by atoms with Gasteiger partial charge in [0.15, 0.2) is 0 Å². The van der Waals surface area contributed by atoms with Crippen molar-refractivity contribution in [2.45, 2.75) is 315 Å². The second-order valence-electron chi connectivity index (χ2n) is 18.6. The summed E-state index contributed by atoms with van der Waals surface area (Å²) in [6.45, 7) is 4.92. The van der Waals surface area contributed by atoms with E-state index in [-0.39, 0.29) is 18.5 Å². The fourth-order valence-electron chi connectivity index (χ4n) is 8.52. The van der Waals surface area contributed by atoms with Crippen molar-refractivity contribution in [1.82, 2.24) is 5.32 Å². The van der Waals surface area contributed by atoms with Crippen LogP contribution in [0, 0.1) is 0 Å². The predicted molar refractivity (Wildman–Crippen MR) is 255 cm³/mol. The molecule has 0 saturated carbocycles. The van der Waals surface area contributed by atoms with E-state index in [2.05, 4.69) is 19.2 Å².